The zero-order chi connectivity index (χ0) is 25.8. The van der Waals surface area contributed by atoms with E-state index >= 15 is 0 Å². The van der Waals surface area contributed by atoms with E-state index in [2.05, 4.69) is 15.3 Å². The highest BCUT2D eigenvalue weighted by molar-refractivity contribution is 7.88. The predicted octanol–water partition coefficient (Wildman–Crippen LogP) is 4.01. The van der Waals surface area contributed by atoms with Crippen LogP contribution in [0.2, 0.25) is 0 Å². The third-order valence-corrected chi connectivity index (χ3v) is 7.82. The van der Waals surface area contributed by atoms with E-state index in [4.69, 9.17) is 9.72 Å². The van der Waals surface area contributed by atoms with Crippen molar-refractivity contribution in [2.45, 2.75) is 19.4 Å². The molecule has 0 radical (unpaired) electrons. The summed E-state index contributed by atoms with van der Waals surface area (Å²) in [5, 5.41) is 7.86. The minimum atomic E-state index is -3.26. The Hall–Kier alpha value is -3.47. The number of ether oxygens (including phenoxy) is 1. The molecular formula is C27H32N6O3S. The van der Waals surface area contributed by atoms with Crippen molar-refractivity contribution in [1.82, 2.24) is 23.8 Å². The first kappa shape index (κ1) is 25.2. The summed E-state index contributed by atoms with van der Waals surface area (Å²) in [5.41, 5.74) is 4.33. The third kappa shape index (κ3) is 6.27. The molecule has 0 spiro atoms. The molecule has 37 heavy (non-hydrogen) atoms. The van der Waals surface area contributed by atoms with Crippen molar-refractivity contribution in [1.29, 1.82) is 0 Å². The number of nitrogens with one attached hydrogen (secondary N) is 1. The van der Waals surface area contributed by atoms with Gasteiger partial charge < -0.3 is 10.1 Å². The average molecular weight is 521 g/mol. The number of sulfonamides is 1. The highest BCUT2D eigenvalue weighted by Gasteiger charge is 2.14. The van der Waals surface area contributed by atoms with Crippen LogP contribution >= 0.6 is 0 Å². The van der Waals surface area contributed by atoms with Crippen molar-refractivity contribution in [2.24, 2.45) is 0 Å². The van der Waals surface area contributed by atoms with E-state index in [0.717, 1.165) is 34.7 Å². The molecule has 194 valence electrons. The van der Waals surface area contributed by atoms with Crippen LogP contribution in [0.3, 0.4) is 0 Å². The maximum Gasteiger partial charge on any atom is 0.247 e. The molecule has 2 aromatic carbocycles. The Morgan fingerprint density at radius 1 is 1.05 bits per heavy atom. The Morgan fingerprint density at radius 2 is 1.84 bits per heavy atom. The molecule has 1 N–H and O–H groups in total. The Bertz CT molecular complexity index is 1460. The Morgan fingerprint density at radius 3 is 2.59 bits per heavy atom. The highest BCUT2D eigenvalue weighted by atomic mass is 32.2. The summed E-state index contributed by atoms with van der Waals surface area (Å²) in [4.78, 5) is 7.16. The molecule has 1 aliphatic heterocycles. The number of fused-ring (bicyclic) bond motifs is 1. The van der Waals surface area contributed by atoms with Crippen molar-refractivity contribution in [3.63, 3.8) is 0 Å². The second-order valence-electron chi connectivity index (χ2n) is 9.39. The van der Waals surface area contributed by atoms with Gasteiger partial charge in [-0.15, -0.1) is 5.10 Å². The summed E-state index contributed by atoms with van der Waals surface area (Å²) in [6.07, 6.45) is 5.64. The van der Waals surface area contributed by atoms with Crippen LogP contribution in [0.25, 0.3) is 16.8 Å². The van der Waals surface area contributed by atoms with Crippen LogP contribution in [-0.2, 0) is 16.6 Å². The van der Waals surface area contributed by atoms with E-state index in [0.29, 0.717) is 24.7 Å². The van der Waals surface area contributed by atoms with Crippen LogP contribution in [0.5, 0.6) is 5.75 Å². The molecular weight excluding hydrogens is 488 g/mol. The lowest BCUT2D eigenvalue weighted by molar-refractivity contribution is 0.238. The molecule has 0 saturated carbocycles. The molecule has 10 heteroatoms. The van der Waals surface area contributed by atoms with Gasteiger partial charge in [-0.2, -0.15) is 4.98 Å². The van der Waals surface area contributed by atoms with Gasteiger partial charge in [0.05, 0.1) is 6.26 Å². The minimum Gasteiger partial charge on any atom is -0.492 e. The van der Waals surface area contributed by atoms with E-state index in [-0.39, 0.29) is 0 Å². The SMILES string of the molecule is CN(Cc1cccc(-c2cccn3nc(Nc4ccc(OCCN5CCCC5)cc4)nc23)c1)S(C)(=O)=O. The molecule has 0 aliphatic carbocycles. The van der Waals surface area contributed by atoms with E-state index in [1.165, 1.54) is 36.5 Å². The number of pyridine rings is 1. The topological polar surface area (TPSA) is 92.1 Å². The smallest absolute Gasteiger partial charge is 0.247 e. The Labute approximate surface area is 217 Å². The van der Waals surface area contributed by atoms with Crippen molar-refractivity contribution in [3.05, 3.63) is 72.4 Å². The fourth-order valence-electron chi connectivity index (χ4n) is 4.46. The molecule has 4 aromatic rings. The quantitative estimate of drug-likeness (QED) is 0.338. The van der Waals surface area contributed by atoms with Crippen molar-refractivity contribution >= 4 is 27.3 Å². The number of nitrogens with zero attached hydrogens (tertiary/aromatic N) is 5. The molecule has 1 saturated heterocycles. The van der Waals surface area contributed by atoms with E-state index in [1.807, 2.05) is 66.9 Å². The van der Waals surface area contributed by atoms with Gasteiger partial charge >= 0.3 is 0 Å². The van der Waals surface area contributed by atoms with Crippen LogP contribution in [0.1, 0.15) is 18.4 Å². The monoisotopic (exact) mass is 520 g/mol. The lowest BCUT2D eigenvalue weighted by Crippen LogP contribution is -2.25. The van der Waals surface area contributed by atoms with Gasteiger partial charge in [-0.1, -0.05) is 18.2 Å². The van der Waals surface area contributed by atoms with Gasteiger partial charge in [-0.05, 0) is 79.5 Å². The average Bonchev–Trinajstić information content (AvgIpc) is 3.54. The molecule has 0 bridgehead atoms. The summed E-state index contributed by atoms with van der Waals surface area (Å²) in [5.74, 6) is 1.33. The maximum absolute atomic E-state index is 11.8. The molecule has 2 aromatic heterocycles. The summed E-state index contributed by atoms with van der Waals surface area (Å²) >= 11 is 0. The summed E-state index contributed by atoms with van der Waals surface area (Å²) < 4.78 is 32.6. The number of rotatable bonds is 10. The van der Waals surface area contributed by atoms with Gasteiger partial charge in [0, 0.05) is 37.6 Å². The van der Waals surface area contributed by atoms with Crippen LogP contribution in [-0.4, -0.2) is 71.8 Å². The number of hydrogen-bond acceptors (Lipinski definition) is 7. The first-order chi connectivity index (χ1) is 17.8. The second-order valence-corrected chi connectivity index (χ2v) is 11.5. The molecule has 9 nitrogen and oxygen atoms in total. The number of benzene rings is 2. The van der Waals surface area contributed by atoms with Crippen LogP contribution in [0, 0.1) is 0 Å². The summed E-state index contributed by atoms with van der Waals surface area (Å²) in [6.45, 7) is 4.30. The van der Waals surface area contributed by atoms with Gasteiger partial charge in [-0.25, -0.2) is 17.2 Å². The molecule has 0 atom stereocenters. The zero-order valence-corrected chi connectivity index (χ0v) is 22.0. The number of aromatic nitrogens is 3. The minimum absolute atomic E-state index is 0.299. The zero-order valence-electron chi connectivity index (χ0n) is 21.2. The second kappa shape index (κ2) is 10.9. The standard InChI is InChI=1S/C27H32N6O3S/c1-31(37(2,34)35)20-21-7-5-8-22(19-21)25-9-6-16-33-26(25)29-27(30-33)28-23-10-12-24(13-11-23)36-18-17-32-14-3-4-15-32/h5-13,16,19H,3-4,14-15,17-18,20H2,1-2H3,(H,28,30). The summed E-state index contributed by atoms with van der Waals surface area (Å²) in [7, 11) is -1.69. The van der Waals surface area contributed by atoms with Crippen molar-refractivity contribution in [3.8, 4) is 16.9 Å². The molecule has 0 unspecified atom stereocenters. The Balaban J connectivity index is 1.28. The lowest BCUT2D eigenvalue weighted by Gasteiger charge is -2.15. The van der Waals surface area contributed by atoms with Gasteiger partial charge in [0.2, 0.25) is 16.0 Å². The van der Waals surface area contributed by atoms with Gasteiger partial charge in [0.25, 0.3) is 0 Å². The van der Waals surface area contributed by atoms with Gasteiger partial charge in [-0.3, -0.25) is 4.90 Å². The molecule has 0 amide bonds. The van der Waals surface area contributed by atoms with Gasteiger partial charge in [0.1, 0.15) is 12.4 Å². The van der Waals surface area contributed by atoms with Crippen molar-refractivity contribution in [2.75, 3.05) is 44.9 Å². The maximum atomic E-state index is 11.8. The van der Waals surface area contributed by atoms with Crippen molar-refractivity contribution < 1.29 is 13.2 Å². The number of anilines is 2. The fraction of sp³-hybridized carbons (Fsp3) is 0.333. The molecule has 5 rings (SSSR count). The highest BCUT2D eigenvalue weighted by Crippen LogP contribution is 2.27. The third-order valence-electron chi connectivity index (χ3n) is 6.56. The lowest BCUT2D eigenvalue weighted by atomic mass is 10.0. The first-order valence-electron chi connectivity index (χ1n) is 12.4. The largest absolute Gasteiger partial charge is 0.492 e. The van der Waals surface area contributed by atoms with Crippen LogP contribution in [0.4, 0.5) is 11.6 Å². The normalized spacial score (nSPS) is 14.5. The number of hydrogen-bond donors (Lipinski definition) is 1. The predicted molar refractivity (Wildman–Crippen MR) is 146 cm³/mol. The fourth-order valence-corrected chi connectivity index (χ4v) is 4.84. The van der Waals surface area contributed by atoms with Crippen LogP contribution in [0.15, 0.2) is 66.9 Å². The Kier molecular flexibility index (Phi) is 7.40. The van der Waals surface area contributed by atoms with E-state index in [9.17, 15) is 8.42 Å². The molecule has 3 heterocycles. The molecule has 1 fully saturated rings. The number of likely N-dealkylation sites (tertiary alicyclic amines) is 1. The summed E-state index contributed by atoms with van der Waals surface area (Å²) in [6, 6.07) is 19.5. The van der Waals surface area contributed by atoms with E-state index in [1.54, 1.807) is 11.6 Å². The van der Waals surface area contributed by atoms with E-state index < -0.39 is 10.0 Å². The van der Waals surface area contributed by atoms with Gasteiger partial charge in [0.15, 0.2) is 5.65 Å². The first-order valence-corrected chi connectivity index (χ1v) is 14.3. The van der Waals surface area contributed by atoms with Crippen LogP contribution < -0.4 is 10.1 Å². The molecule has 1 aliphatic rings.